The Morgan fingerprint density at radius 1 is 0.941 bits per heavy atom. The lowest BCUT2D eigenvalue weighted by molar-refractivity contribution is -0.150. The predicted molar refractivity (Wildman–Crippen MR) is 63.9 cm³/mol. The van der Waals surface area contributed by atoms with Crippen LogP contribution in [-0.4, -0.2) is 51.2 Å². The first kappa shape index (κ1) is 16.4. The van der Waals surface area contributed by atoms with Crippen molar-refractivity contribution in [2.75, 3.05) is 26.9 Å². The highest BCUT2D eigenvalue weighted by Gasteiger charge is 2.10. The van der Waals surface area contributed by atoms with E-state index in [1.54, 1.807) is 14.0 Å². The van der Waals surface area contributed by atoms with Gasteiger partial charge in [-0.3, -0.25) is 4.79 Å². The van der Waals surface area contributed by atoms with E-state index < -0.39 is 0 Å². The molecule has 102 valence electrons. The van der Waals surface area contributed by atoms with Crippen molar-refractivity contribution in [3.05, 3.63) is 0 Å². The Bertz CT molecular complexity index is 207. The molecule has 0 saturated heterocycles. The summed E-state index contributed by atoms with van der Waals surface area (Å²) in [5.74, 6) is -0.293. The Labute approximate surface area is 103 Å². The number of hydrogen-bond acceptors (Lipinski definition) is 5. The van der Waals surface area contributed by atoms with E-state index in [0.29, 0.717) is 19.8 Å². The van der Waals surface area contributed by atoms with Gasteiger partial charge in [-0.05, 0) is 20.8 Å². The van der Waals surface area contributed by atoms with Gasteiger partial charge in [0.15, 0.2) is 0 Å². The fourth-order valence-electron chi connectivity index (χ4n) is 1.25. The van der Waals surface area contributed by atoms with Crippen molar-refractivity contribution in [3.63, 3.8) is 0 Å². The number of methoxy groups -OCH3 is 1. The van der Waals surface area contributed by atoms with E-state index >= 15 is 0 Å². The molecule has 17 heavy (non-hydrogen) atoms. The molecule has 0 fully saturated rings. The second-order valence-electron chi connectivity index (χ2n) is 4.16. The molecule has 0 aliphatic carbocycles. The molecule has 0 saturated carbocycles. The first-order valence-corrected chi connectivity index (χ1v) is 5.85. The average Bonchev–Trinajstić information content (AvgIpc) is 2.23. The zero-order valence-corrected chi connectivity index (χ0v) is 11.4. The molecule has 3 atom stereocenters. The van der Waals surface area contributed by atoms with Crippen LogP contribution in [0, 0.1) is 0 Å². The second-order valence-corrected chi connectivity index (χ2v) is 4.16. The van der Waals surface area contributed by atoms with Gasteiger partial charge in [-0.15, -0.1) is 0 Å². The van der Waals surface area contributed by atoms with E-state index in [-0.39, 0.29) is 24.3 Å². The van der Waals surface area contributed by atoms with Crippen LogP contribution in [0.2, 0.25) is 0 Å². The lowest BCUT2D eigenvalue weighted by Gasteiger charge is -2.19. The summed E-state index contributed by atoms with van der Waals surface area (Å²) in [6, 6.07) is 0. The van der Waals surface area contributed by atoms with Gasteiger partial charge >= 0.3 is 5.97 Å². The van der Waals surface area contributed by atoms with Crippen LogP contribution < -0.4 is 0 Å². The minimum Gasteiger partial charge on any atom is -0.460 e. The summed E-state index contributed by atoms with van der Waals surface area (Å²) in [7, 11) is 1.64. The maximum atomic E-state index is 10.7. The van der Waals surface area contributed by atoms with E-state index in [1.807, 2.05) is 13.8 Å². The minimum atomic E-state index is -0.293. The molecular formula is C12H24O5. The van der Waals surface area contributed by atoms with Gasteiger partial charge in [0.25, 0.3) is 0 Å². The molecule has 0 spiro atoms. The van der Waals surface area contributed by atoms with E-state index in [9.17, 15) is 4.79 Å². The smallest absolute Gasteiger partial charge is 0.302 e. The highest BCUT2D eigenvalue weighted by Crippen LogP contribution is 2.00. The van der Waals surface area contributed by atoms with Crippen LogP contribution >= 0.6 is 0 Å². The van der Waals surface area contributed by atoms with Crippen molar-refractivity contribution in [1.82, 2.24) is 0 Å². The molecule has 0 heterocycles. The van der Waals surface area contributed by atoms with Gasteiger partial charge in [-0.25, -0.2) is 0 Å². The fraction of sp³-hybridized carbons (Fsp3) is 0.917. The van der Waals surface area contributed by atoms with Crippen LogP contribution in [0.1, 0.15) is 27.7 Å². The number of hydrogen-bond donors (Lipinski definition) is 0. The Morgan fingerprint density at radius 3 is 1.88 bits per heavy atom. The molecule has 0 bridgehead atoms. The zero-order chi connectivity index (χ0) is 13.3. The van der Waals surface area contributed by atoms with Crippen LogP contribution in [0.25, 0.3) is 0 Å². The Kier molecular flexibility index (Phi) is 9.03. The van der Waals surface area contributed by atoms with Crippen molar-refractivity contribution in [2.45, 2.75) is 46.0 Å². The predicted octanol–water partition coefficient (Wildman–Crippen LogP) is 1.39. The van der Waals surface area contributed by atoms with E-state index in [4.69, 9.17) is 18.9 Å². The van der Waals surface area contributed by atoms with Crippen molar-refractivity contribution in [3.8, 4) is 0 Å². The van der Waals surface area contributed by atoms with Crippen molar-refractivity contribution in [1.29, 1.82) is 0 Å². The van der Waals surface area contributed by atoms with E-state index in [0.717, 1.165) is 0 Å². The van der Waals surface area contributed by atoms with Crippen LogP contribution in [-0.2, 0) is 23.7 Å². The maximum absolute atomic E-state index is 10.7. The second kappa shape index (κ2) is 9.39. The number of esters is 1. The monoisotopic (exact) mass is 248 g/mol. The van der Waals surface area contributed by atoms with Crippen molar-refractivity contribution in [2.24, 2.45) is 0 Å². The largest absolute Gasteiger partial charge is 0.460 e. The first-order valence-electron chi connectivity index (χ1n) is 5.85. The number of ether oxygens (including phenoxy) is 4. The van der Waals surface area contributed by atoms with Gasteiger partial charge in [0.1, 0.15) is 6.10 Å². The van der Waals surface area contributed by atoms with Gasteiger partial charge in [-0.1, -0.05) is 0 Å². The molecule has 5 nitrogen and oxygen atoms in total. The fourth-order valence-corrected chi connectivity index (χ4v) is 1.25. The first-order chi connectivity index (χ1) is 7.95. The number of carbonyl (C=O) groups is 1. The van der Waals surface area contributed by atoms with Crippen molar-refractivity contribution >= 4 is 5.97 Å². The lowest BCUT2D eigenvalue weighted by atomic mass is 10.4. The van der Waals surface area contributed by atoms with Gasteiger partial charge in [0.2, 0.25) is 0 Å². The normalized spacial score (nSPS) is 16.3. The number of carbonyl (C=O) groups excluding carboxylic acids is 1. The maximum Gasteiger partial charge on any atom is 0.302 e. The Hall–Kier alpha value is -0.650. The molecule has 0 rings (SSSR count). The molecule has 0 amide bonds. The minimum absolute atomic E-state index is 0.0349. The van der Waals surface area contributed by atoms with E-state index in [2.05, 4.69) is 0 Å². The number of rotatable bonds is 9. The molecule has 0 aromatic heterocycles. The van der Waals surface area contributed by atoms with Crippen LogP contribution in [0.15, 0.2) is 0 Å². The highest BCUT2D eigenvalue weighted by atomic mass is 16.6. The summed E-state index contributed by atoms with van der Waals surface area (Å²) in [5.41, 5.74) is 0. The highest BCUT2D eigenvalue weighted by molar-refractivity contribution is 5.66. The summed E-state index contributed by atoms with van der Waals surface area (Å²) in [4.78, 5) is 10.7. The van der Waals surface area contributed by atoms with Gasteiger partial charge in [0.05, 0.1) is 32.0 Å². The van der Waals surface area contributed by atoms with Gasteiger partial charge in [0, 0.05) is 14.0 Å². The standard InChI is InChI=1S/C12H24O5/c1-9(6-14-5)15-7-10(2)16-8-11(3)17-12(4)13/h9-11H,6-8H2,1-5H3. The third-order valence-electron chi connectivity index (χ3n) is 2.00. The summed E-state index contributed by atoms with van der Waals surface area (Å²) >= 11 is 0. The Morgan fingerprint density at radius 2 is 1.41 bits per heavy atom. The van der Waals surface area contributed by atoms with Crippen LogP contribution in [0.3, 0.4) is 0 Å². The quantitative estimate of drug-likeness (QED) is 0.577. The molecule has 5 heteroatoms. The molecule has 0 N–H and O–H groups in total. The summed E-state index contributed by atoms with van der Waals surface area (Å²) in [6.45, 7) is 8.48. The molecule has 3 unspecified atom stereocenters. The van der Waals surface area contributed by atoms with Gasteiger partial charge < -0.3 is 18.9 Å². The third-order valence-corrected chi connectivity index (χ3v) is 2.00. The molecule has 0 radical (unpaired) electrons. The molecule has 0 aromatic rings. The zero-order valence-electron chi connectivity index (χ0n) is 11.4. The van der Waals surface area contributed by atoms with Crippen LogP contribution in [0.5, 0.6) is 0 Å². The summed E-state index contributed by atoms with van der Waals surface area (Å²) in [6.07, 6.45) is -0.212. The molecule has 0 aliphatic heterocycles. The molecular weight excluding hydrogens is 224 g/mol. The summed E-state index contributed by atoms with van der Waals surface area (Å²) in [5, 5.41) is 0. The average molecular weight is 248 g/mol. The lowest BCUT2D eigenvalue weighted by Crippen LogP contribution is -2.27. The van der Waals surface area contributed by atoms with Crippen molar-refractivity contribution < 1.29 is 23.7 Å². The third kappa shape index (κ3) is 10.2. The molecule has 0 aliphatic rings. The summed E-state index contributed by atoms with van der Waals surface area (Å²) < 4.78 is 20.9. The Balaban J connectivity index is 3.58. The van der Waals surface area contributed by atoms with Gasteiger partial charge in [-0.2, -0.15) is 0 Å². The van der Waals surface area contributed by atoms with Crippen LogP contribution in [0.4, 0.5) is 0 Å². The molecule has 0 aromatic carbocycles. The van der Waals surface area contributed by atoms with E-state index in [1.165, 1.54) is 6.92 Å². The topological polar surface area (TPSA) is 54.0 Å². The SMILES string of the molecule is COCC(C)OCC(C)OCC(C)OC(C)=O.